The van der Waals surface area contributed by atoms with Gasteiger partial charge in [-0.2, -0.15) is 0 Å². The highest BCUT2D eigenvalue weighted by molar-refractivity contribution is 5.99. The van der Waals surface area contributed by atoms with Crippen molar-refractivity contribution in [3.05, 3.63) is 59.7 Å². The number of carbonyl (C=O) groups is 3. The van der Waals surface area contributed by atoms with Crippen molar-refractivity contribution in [1.29, 1.82) is 0 Å². The highest BCUT2D eigenvalue weighted by atomic mass is 16.5. The average molecular weight is 539 g/mol. The Labute approximate surface area is 229 Å². The van der Waals surface area contributed by atoms with Crippen LogP contribution in [0.1, 0.15) is 33.6 Å². The summed E-state index contributed by atoms with van der Waals surface area (Å²) in [5.74, 6) is 0.700. The Morgan fingerprint density at radius 3 is 2.44 bits per heavy atom. The van der Waals surface area contributed by atoms with Crippen LogP contribution >= 0.6 is 0 Å². The fraction of sp³-hybridized carbons (Fsp3) is 0.483. The Morgan fingerprint density at radius 2 is 1.72 bits per heavy atom. The summed E-state index contributed by atoms with van der Waals surface area (Å²) in [5, 5.41) is 3.32. The van der Waals surface area contributed by atoms with Crippen LogP contribution in [0.5, 0.6) is 11.5 Å². The second-order valence-electron chi connectivity index (χ2n) is 9.74. The molecule has 0 bridgehead atoms. The summed E-state index contributed by atoms with van der Waals surface area (Å²) in [4.78, 5) is 46.6. The number of nitrogens with zero attached hydrogens (tertiary/aromatic N) is 3. The lowest BCUT2D eigenvalue weighted by Crippen LogP contribution is -2.48. The maximum Gasteiger partial charge on any atom is 0.254 e. The average Bonchev–Trinajstić information content (AvgIpc) is 3.23. The number of nitrogens with one attached hydrogen (secondary N) is 1. The van der Waals surface area contributed by atoms with Gasteiger partial charge in [-0.3, -0.25) is 14.4 Å². The van der Waals surface area contributed by atoms with Gasteiger partial charge in [-0.25, -0.2) is 0 Å². The van der Waals surface area contributed by atoms with Crippen LogP contribution in [0.3, 0.4) is 0 Å². The first-order valence-corrected chi connectivity index (χ1v) is 13.3. The van der Waals surface area contributed by atoms with Crippen LogP contribution in [-0.2, 0) is 9.53 Å². The molecule has 2 heterocycles. The van der Waals surface area contributed by atoms with Crippen LogP contribution in [0, 0.1) is 0 Å². The lowest BCUT2D eigenvalue weighted by molar-refractivity contribution is -0.135. The van der Waals surface area contributed by atoms with Gasteiger partial charge in [-0.15, -0.1) is 0 Å². The molecule has 210 valence electrons. The number of rotatable bonds is 9. The first kappa shape index (κ1) is 28.4. The van der Waals surface area contributed by atoms with Gasteiger partial charge in [-0.05, 0) is 61.9 Å². The maximum absolute atomic E-state index is 13.9. The molecule has 0 aliphatic carbocycles. The topological polar surface area (TPSA) is 101 Å². The lowest BCUT2D eigenvalue weighted by Gasteiger charge is -2.29. The molecule has 0 aromatic heterocycles. The molecule has 10 heteroatoms. The van der Waals surface area contributed by atoms with Gasteiger partial charge < -0.3 is 34.2 Å². The van der Waals surface area contributed by atoms with Crippen LogP contribution in [0.15, 0.2) is 48.5 Å². The van der Waals surface area contributed by atoms with Crippen LogP contribution in [-0.4, -0.2) is 112 Å². The van der Waals surface area contributed by atoms with Gasteiger partial charge in [0.2, 0.25) is 5.91 Å². The minimum atomic E-state index is -0.680. The van der Waals surface area contributed by atoms with E-state index >= 15 is 0 Å². The minimum absolute atomic E-state index is 0.0824. The molecule has 2 fully saturated rings. The number of hydrogen-bond acceptors (Lipinski definition) is 7. The van der Waals surface area contributed by atoms with Gasteiger partial charge in [0.1, 0.15) is 17.5 Å². The molecule has 2 aromatic carbocycles. The summed E-state index contributed by atoms with van der Waals surface area (Å²) in [6.07, 6.45) is 1.20. The van der Waals surface area contributed by atoms with Crippen molar-refractivity contribution in [2.75, 3.05) is 67.2 Å². The van der Waals surface area contributed by atoms with Gasteiger partial charge in [-0.1, -0.05) is 6.07 Å². The molecule has 39 heavy (non-hydrogen) atoms. The van der Waals surface area contributed by atoms with Gasteiger partial charge >= 0.3 is 0 Å². The highest BCUT2D eigenvalue weighted by Gasteiger charge is 2.44. The summed E-state index contributed by atoms with van der Waals surface area (Å²) >= 11 is 0. The van der Waals surface area contributed by atoms with E-state index in [0.717, 1.165) is 13.0 Å². The Bertz CT molecular complexity index is 1130. The smallest absolute Gasteiger partial charge is 0.254 e. The lowest BCUT2D eigenvalue weighted by atomic mass is 10.1. The standard InChI is InChI=1S/C29H38N4O6/c1-37-17-16-32(27(34)21-8-10-24(38-2)11-9-21)23-19-26(29(36)31-14-5-12-30-13-15-31)33(20-23)28(35)22-6-4-7-25(18-22)39-3/h4,6-11,18,23,26,30H,5,12-17,19-20H2,1-3H3. The third-order valence-electron chi connectivity index (χ3n) is 7.37. The number of carbonyl (C=O) groups excluding carboxylic acids is 3. The van der Waals surface area contributed by atoms with Crippen molar-refractivity contribution in [2.45, 2.75) is 24.9 Å². The van der Waals surface area contributed by atoms with Gasteiger partial charge in [0, 0.05) is 51.0 Å². The molecule has 2 aliphatic rings. The minimum Gasteiger partial charge on any atom is -0.497 e. The number of methoxy groups -OCH3 is 3. The van der Waals surface area contributed by atoms with E-state index in [0.29, 0.717) is 61.8 Å². The fourth-order valence-corrected chi connectivity index (χ4v) is 5.24. The first-order valence-electron chi connectivity index (χ1n) is 13.3. The normalized spacial score (nSPS) is 19.4. The van der Waals surface area contributed by atoms with E-state index in [2.05, 4.69) is 5.32 Å². The molecular weight excluding hydrogens is 500 g/mol. The Balaban J connectivity index is 1.64. The zero-order valence-electron chi connectivity index (χ0n) is 22.9. The molecule has 2 saturated heterocycles. The molecule has 2 aliphatic heterocycles. The zero-order valence-corrected chi connectivity index (χ0v) is 22.9. The van der Waals surface area contributed by atoms with E-state index in [1.54, 1.807) is 79.7 Å². The Morgan fingerprint density at radius 1 is 0.949 bits per heavy atom. The number of amides is 3. The van der Waals surface area contributed by atoms with E-state index in [4.69, 9.17) is 14.2 Å². The van der Waals surface area contributed by atoms with Gasteiger partial charge in [0.25, 0.3) is 11.8 Å². The van der Waals surface area contributed by atoms with E-state index in [1.807, 2.05) is 4.90 Å². The molecule has 2 atom stereocenters. The van der Waals surface area contributed by atoms with Crippen LogP contribution < -0.4 is 14.8 Å². The first-order chi connectivity index (χ1) is 19.0. The van der Waals surface area contributed by atoms with E-state index in [-0.39, 0.29) is 30.3 Å². The third-order valence-corrected chi connectivity index (χ3v) is 7.37. The molecule has 10 nitrogen and oxygen atoms in total. The van der Waals surface area contributed by atoms with Crippen molar-refractivity contribution >= 4 is 17.7 Å². The number of hydrogen-bond donors (Lipinski definition) is 1. The fourth-order valence-electron chi connectivity index (χ4n) is 5.24. The molecule has 2 unspecified atom stereocenters. The molecule has 0 saturated carbocycles. The number of likely N-dealkylation sites (tertiary alicyclic amines) is 1. The summed E-state index contributed by atoms with van der Waals surface area (Å²) < 4.78 is 15.9. The maximum atomic E-state index is 13.9. The van der Waals surface area contributed by atoms with Crippen molar-refractivity contribution in [3.8, 4) is 11.5 Å². The summed E-state index contributed by atoms with van der Waals surface area (Å²) in [7, 11) is 4.71. The van der Waals surface area contributed by atoms with E-state index in [9.17, 15) is 14.4 Å². The quantitative estimate of drug-likeness (QED) is 0.521. The van der Waals surface area contributed by atoms with Crippen LogP contribution in [0.2, 0.25) is 0 Å². The molecule has 4 rings (SSSR count). The molecule has 2 aromatic rings. The predicted octanol–water partition coefficient (Wildman–Crippen LogP) is 1.90. The van der Waals surface area contributed by atoms with Crippen LogP contribution in [0.4, 0.5) is 0 Å². The second kappa shape index (κ2) is 13.4. The molecule has 0 radical (unpaired) electrons. The van der Waals surface area contributed by atoms with Crippen LogP contribution in [0.25, 0.3) is 0 Å². The SMILES string of the molecule is COCCN(C(=O)c1ccc(OC)cc1)C1CC(C(=O)N2CCCNCC2)N(C(=O)c2cccc(OC)c2)C1. The summed E-state index contributed by atoms with van der Waals surface area (Å²) in [6.45, 7) is 3.68. The third kappa shape index (κ3) is 6.69. The zero-order chi connectivity index (χ0) is 27.8. The Hall–Kier alpha value is -3.63. The monoisotopic (exact) mass is 538 g/mol. The van der Waals surface area contributed by atoms with Crippen molar-refractivity contribution in [2.24, 2.45) is 0 Å². The second-order valence-corrected chi connectivity index (χ2v) is 9.74. The van der Waals surface area contributed by atoms with E-state index in [1.165, 1.54) is 0 Å². The highest BCUT2D eigenvalue weighted by Crippen LogP contribution is 2.28. The number of ether oxygens (including phenoxy) is 3. The molecular formula is C29H38N4O6. The van der Waals surface area contributed by atoms with E-state index < -0.39 is 6.04 Å². The largest absolute Gasteiger partial charge is 0.497 e. The number of benzene rings is 2. The van der Waals surface area contributed by atoms with Gasteiger partial charge in [0.05, 0.1) is 26.9 Å². The van der Waals surface area contributed by atoms with Crippen molar-refractivity contribution in [1.82, 2.24) is 20.0 Å². The van der Waals surface area contributed by atoms with Gasteiger partial charge in [0.15, 0.2) is 0 Å². The Kier molecular flexibility index (Phi) is 9.78. The van der Waals surface area contributed by atoms with Crippen molar-refractivity contribution in [3.63, 3.8) is 0 Å². The predicted molar refractivity (Wildman–Crippen MR) is 146 cm³/mol. The van der Waals surface area contributed by atoms with Crippen molar-refractivity contribution < 1.29 is 28.6 Å². The molecule has 0 spiro atoms. The molecule has 1 N–H and O–H groups in total. The summed E-state index contributed by atoms with van der Waals surface area (Å²) in [6, 6.07) is 12.8. The summed E-state index contributed by atoms with van der Waals surface area (Å²) in [5.41, 5.74) is 0.946. The molecule has 3 amide bonds.